The van der Waals surface area contributed by atoms with Crippen molar-refractivity contribution in [2.75, 3.05) is 12.3 Å². The highest BCUT2D eigenvalue weighted by atomic mass is 32.2. The van der Waals surface area contributed by atoms with E-state index in [0.29, 0.717) is 16.8 Å². The topological polar surface area (TPSA) is 59.8 Å². The molecule has 0 atom stereocenters. The average Bonchev–Trinajstić information content (AvgIpc) is 3.08. The Morgan fingerprint density at radius 2 is 2.08 bits per heavy atom. The first-order valence-electron chi connectivity index (χ1n) is 8.28. The molecule has 1 aromatic heterocycles. The van der Waals surface area contributed by atoms with Gasteiger partial charge in [-0.05, 0) is 30.9 Å². The molecule has 7 heteroatoms. The highest BCUT2D eigenvalue weighted by molar-refractivity contribution is 7.99. The van der Waals surface area contributed by atoms with Crippen molar-refractivity contribution in [2.24, 2.45) is 5.92 Å². The lowest BCUT2D eigenvalue weighted by Crippen LogP contribution is -2.31. The first-order valence-corrected chi connectivity index (χ1v) is 9.27. The summed E-state index contributed by atoms with van der Waals surface area (Å²) in [5.41, 5.74) is 0.382. The Morgan fingerprint density at radius 1 is 1.29 bits per heavy atom. The summed E-state index contributed by atoms with van der Waals surface area (Å²) in [5, 5.41) is 11.3. The third-order valence-electron chi connectivity index (χ3n) is 4.27. The van der Waals surface area contributed by atoms with Gasteiger partial charge in [0.15, 0.2) is 5.16 Å². The number of hydrogen-bond acceptors (Lipinski definition) is 4. The lowest BCUT2D eigenvalue weighted by molar-refractivity contribution is -0.118. The highest BCUT2D eigenvalue weighted by Gasteiger charge is 2.16. The van der Waals surface area contributed by atoms with Crippen molar-refractivity contribution in [3.05, 3.63) is 36.4 Å². The van der Waals surface area contributed by atoms with Gasteiger partial charge >= 0.3 is 0 Å². The molecule has 24 heavy (non-hydrogen) atoms. The van der Waals surface area contributed by atoms with Crippen molar-refractivity contribution in [3.63, 3.8) is 0 Å². The molecule has 0 aliphatic heterocycles. The number of aromatic nitrogens is 3. The molecule has 0 spiro atoms. The number of carbonyl (C=O) groups excluding carboxylic acids is 1. The lowest BCUT2D eigenvalue weighted by atomic mass is 9.89. The molecule has 1 amide bonds. The minimum atomic E-state index is -0.346. The number of nitrogens with zero attached hydrogens (tertiary/aromatic N) is 3. The standard InChI is InChI=1S/C17H21FN4OS/c18-14-8-4-5-9-15(14)22-12-20-21-17(22)24-11-16(23)19-10-13-6-2-1-3-7-13/h4-5,8-9,12-13H,1-3,6-7,10-11H2,(H,19,23). The van der Waals surface area contributed by atoms with Crippen LogP contribution >= 0.6 is 11.8 Å². The Morgan fingerprint density at radius 3 is 2.88 bits per heavy atom. The Labute approximate surface area is 145 Å². The van der Waals surface area contributed by atoms with Gasteiger partial charge in [0.1, 0.15) is 12.1 Å². The fourth-order valence-electron chi connectivity index (χ4n) is 2.97. The fraction of sp³-hybridized carbons (Fsp3) is 0.471. The summed E-state index contributed by atoms with van der Waals surface area (Å²) in [6.45, 7) is 0.749. The molecule has 3 rings (SSSR count). The Hall–Kier alpha value is -1.89. The van der Waals surface area contributed by atoms with Crippen LogP contribution in [-0.2, 0) is 4.79 Å². The van der Waals surface area contributed by atoms with E-state index in [-0.39, 0.29) is 17.5 Å². The smallest absolute Gasteiger partial charge is 0.230 e. The molecular formula is C17H21FN4OS. The molecule has 0 unspecified atom stereocenters. The zero-order valence-corrected chi connectivity index (χ0v) is 14.3. The maximum atomic E-state index is 13.9. The second kappa shape index (κ2) is 8.28. The first-order chi connectivity index (χ1) is 11.7. The third-order valence-corrected chi connectivity index (χ3v) is 5.22. The van der Waals surface area contributed by atoms with E-state index in [0.717, 1.165) is 6.54 Å². The predicted molar refractivity (Wildman–Crippen MR) is 91.6 cm³/mol. The third kappa shape index (κ3) is 4.35. The first kappa shape index (κ1) is 17.0. The van der Waals surface area contributed by atoms with Crippen LogP contribution in [0.15, 0.2) is 35.7 Å². The van der Waals surface area contributed by atoms with E-state index in [4.69, 9.17) is 0 Å². The molecule has 1 heterocycles. The van der Waals surface area contributed by atoms with Crippen LogP contribution < -0.4 is 5.32 Å². The molecule has 1 aromatic carbocycles. The molecule has 1 fully saturated rings. The molecule has 0 radical (unpaired) electrons. The number of halogens is 1. The van der Waals surface area contributed by atoms with Crippen molar-refractivity contribution in [3.8, 4) is 5.69 Å². The lowest BCUT2D eigenvalue weighted by Gasteiger charge is -2.21. The van der Waals surface area contributed by atoms with Crippen LogP contribution in [0.25, 0.3) is 5.69 Å². The maximum Gasteiger partial charge on any atom is 0.230 e. The molecule has 5 nitrogen and oxygen atoms in total. The van der Waals surface area contributed by atoms with Gasteiger partial charge < -0.3 is 5.32 Å². The minimum Gasteiger partial charge on any atom is -0.355 e. The van der Waals surface area contributed by atoms with Gasteiger partial charge in [0.05, 0.1) is 11.4 Å². The number of benzene rings is 1. The van der Waals surface area contributed by atoms with Crippen LogP contribution in [0.2, 0.25) is 0 Å². The summed E-state index contributed by atoms with van der Waals surface area (Å²) >= 11 is 1.26. The average molecular weight is 348 g/mol. The summed E-state index contributed by atoms with van der Waals surface area (Å²) in [6, 6.07) is 6.44. The van der Waals surface area contributed by atoms with Gasteiger partial charge in [-0.2, -0.15) is 0 Å². The summed E-state index contributed by atoms with van der Waals surface area (Å²) in [4.78, 5) is 12.0. The maximum absolute atomic E-state index is 13.9. The predicted octanol–water partition coefficient (Wildman–Crippen LogP) is 3.20. The van der Waals surface area contributed by atoms with Gasteiger partial charge in [-0.3, -0.25) is 9.36 Å². The second-order valence-corrected chi connectivity index (χ2v) is 6.97. The molecule has 0 saturated heterocycles. The highest BCUT2D eigenvalue weighted by Crippen LogP contribution is 2.23. The monoisotopic (exact) mass is 348 g/mol. The quantitative estimate of drug-likeness (QED) is 0.815. The van der Waals surface area contributed by atoms with E-state index in [1.165, 1.54) is 56.3 Å². The number of para-hydroxylation sites is 1. The zero-order chi connectivity index (χ0) is 16.8. The molecule has 1 aliphatic carbocycles. The molecule has 1 saturated carbocycles. The van der Waals surface area contributed by atoms with E-state index in [1.54, 1.807) is 22.8 Å². The second-order valence-electron chi connectivity index (χ2n) is 6.03. The Bertz CT molecular complexity index is 685. The molecule has 1 N–H and O–H groups in total. The van der Waals surface area contributed by atoms with E-state index in [9.17, 15) is 9.18 Å². The van der Waals surface area contributed by atoms with E-state index in [1.807, 2.05) is 0 Å². The van der Waals surface area contributed by atoms with E-state index in [2.05, 4.69) is 15.5 Å². The number of thioether (sulfide) groups is 1. The van der Waals surface area contributed by atoms with Crippen LogP contribution in [0, 0.1) is 11.7 Å². The van der Waals surface area contributed by atoms with Crippen molar-refractivity contribution < 1.29 is 9.18 Å². The number of hydrogen-bond donors (Lipinski definition) is 1. The summed E-state index contributed by atoms with van der Waals surface area (Å²) < 4.78 is 15.5. The van der Waals surface area contributed by atoms with Crippen molar-refractivity contribution in [1.29, 1.82) is 0 Å². The molecule has 128 valence electrons. The fourth-order valence-corrected chi connectivity index (χ4v) is 3.72. The van der Waals surface area contributed by atoms with Gasteiger partial charge in [-0.1, -0.05) is 43.2 Å². The summed E-state index contributed by atoms with van der Waals surface area (Å²) in [7, 11) is 0. The molecule has 1 aliphatic rings. The van der Waals surface area contributed by atoms with E-state index < -0.39 is 0 Å². The number of rotatable bonds is 6. The van der Waals surface area contributed by atoms with Crippen LogP contribution in [-0.4, -0.2) is 33.0 Å². The van der Waals surface area contributed by atoms with Crippen LogP contribution in [0.3, 0.4) is 0 Å². The van der Waals surface area contributed by atoms with E-state index >= 15 is 0 Å². The number of nitrogens with one attached hydrogen (secondary N) is 1. The summed E-state index contributed by atoms with van der Waals surface area (Å²) in [6.07, 6.45) is 7.71. The Balaban J connectivity index is 1.53. The van der Waals surface area contributed by atoms with Gasteiger partial charge in [0.25, 0.3) is 0 Å². The van der Waals surface area contributed by atoms with Gasteiger partial charge in [-0.25, -0.2) is 4.39 Å². The number of amides is 1. The van der Waals surface area contributed by atoms with Crippen molar-refractivity contribution in [2.45, 2.75) is 37.3 Å². The van der Waals surface area contributed by atoms with Crippen molar-refractivity contribution >= 4 is 17.7 Å². The van der Waals surface area contributed by atoms with Crippen LogP contribution in [0.5, 0.6) is 0 Å². The largest absolute Gasteiger partial charge is 0.355 e. The van der Waals surface area contributed by atoms with Crippen molar-refractivity contribution in [1.82, 2.24) is 20.1 Å². The van der Waals surface area contributed by atoms with Gasteiger partial charge in [0, 0.05) is 6.54 Å². The normalized spacial score (nSPS) is 15.4. The minimum absolute atomic E-state index is 0.0198. The van der Waals surface area contributed by atoms with Gasteiger partial charge in [-0.15, -0.1) is 10.2 Å². The van der Waals surface area contributed by atoms with Crippen LogP contribution in [0.1, 0.15) is 32.1 Å². The molecule has 2 aromatic rings. The Kier molecular flexibility index (Phi) is 5.85. The molecular weight excluding hydrogens is 327 g/mol. The number of carbonyl (C=O) groups is 1. The van der Waals surface area contributed by atoms with Crippen LogP contribution in [0.4, 0.5) is 4.39 Å². The zero-order valence-electron chi connectivity index (χ0n) is 13.4. The SMILES string of the molecule is O=C(CSc1nncn1-c1ccccc1F)NCC1CCCCC1. The van der Waals surface area contributed by atoms with Gasteiger partial charge in [0.2, 0.25) is 5.91 Å². The molecule has 0 bridgehead atoms. The summed E-state index contributed by atoms with van der Waals surface area (Å²) in [5.74, 6) is 0.490.